The number of benzene rings is 1. The molecule has 1 unspecified atom stereocenters. The van der Waals surface area contributed by atoms with Crippen LogP contribution in [0.25, 0.3) is 0 Å². The Labute approximate surface area is 165 Å². The molecule has 0 spiro atoms. The number of hydrogen-bond acceptors (Lipinski definition) is 5. The molecule has 146 valence electrons. The highest BCUT2D eigenvalue weighted by Gasteiger charge is 2.31. The summed E-state index contributed by atoms with van der Waals surface area (Å²) < 4.78 is 5.44. The number of nitrogens with zero attached hydrogens (tertiary/aromatic N) is 3. The Hall–Kier alpha value is -2.73. The fraction of sp³-hybridized carbons (Fsp3) is 0.409. The summed E-state index contributed by atoms with van der Waals surface area (Å²) in [5.41, 5.74) is 2.14. The summed E-state index contributed by atoms with van der Waals surface area (Å²) in [5, 5.41) is 0. The van der Waals surface area contributed by atoms with E-state index in [1.807, 2.05) is 35.2 Å². The van der Waals surface area contributed by atoms with Crippen molar-refractivity contribution < 1.29 is 14.3 Å². The molecular formula is C22H25N3O3. The van der Waals surface area contributed by atoms with Crippen molar-refractivity contribution in [3.05, 3.63) is 59.9 Å². The van der Waals surface area contributed by atoms with Crippen molar-refractivity contribution >= 4 is 17.4 Å². The van der Waals surface area contributed by atoms with Gasteiger partial charge in [0.15, 0.2) is 5.78 Å². The normalized spacial score (nSPS) is 20.1. The minimum Gasteiger partial charge on any atom is -0.378 e. The number of likely N-dealkylation sites (tertiary alicyclic amines) is 1. The molecule has 1 aromatic carbocycles. The van der Waals surface area contributed by atoms with E-state index in [-0.39, 0.29) is 17.6 Å². The molecular weight excluding hydrogens is 354 g/mol. The van der Waals surface area contributed by atoms with Crippen molar-refractivity contribution in [1.82, 2.24) is 9.88 Å². The van der Waals surface area contributed by atoms with Crippen molar-refractivity contribution in [1.29, 1.82) is 0 Å². The smallest absolute Gasteiger partial charge is 0.255 e. The molecule has 0 N–H and O–H groups in total. The highest BCUT2D eigenvalue weighted by atomic mass is 16.5. The third-order valence-corrected chi connectivity index (χ3v) is 5.48. The quantitative estimate of drug-likeness (QED) is 0.765. The molecule has 2 saturated heterocycles. The number of ketones is 1. The Bertz CT molecular complexity index is 834. The second-order valence-corrected chi connectivity index (χ2v) is 7.29. The molecule has 1 atom stereocenters. The number of ether oxygens (including phenoxy) is 1. The number of hydrogen-bond donors (Lipinski definition) is 0. The van der Waals surface area contributed by atoms with Crippen LogP contribution in [0.2, 0.25) is 0 Å². The van der Waals surface area contributed by atoms with Crippen LogP contribution in [-0.2, 0) is 4.74 Å². The van der Waals surface area contributed by atoms with Gasteiger partial charge < -0.3 is 14.5 Å². The van der Waals surface area contributed by atoms with E-state index in [1.165, 1.54) is 0 Å². The Morgan fingerprint density at radius 3 is 2.57 bits per heavy atom. The molecule has 0 aliphatic carbocycles. The van der Waals surface area contributed by atoms with E-state index in [0.717, 1.165) is 31.6 Å². The van der Waals surface area contributed by atoms with E-state index < -0.39 is 0 Å². The van der Waals surface area contributed by atoms with Crippen LogP contribution in [0, 0.1) is 5.92 Å². The first kappa shape index (κ1) is 18.6. The van der Waals surface area contributed by atoms with Gasteiger partial charge in [0.05, 0.1) is 18.8 Å². The van der Waals surface area contributed by atoms with E-state index in [2.05, 4.69) is 9.88 Å². The minimum atomic E-state index is -0.192. The minimum absolute atomic E-state index is 0.000567. The highest BCUT2D eigenvalue weighted by Crippen LogP contribution is 2.26. The highest BCUT2D eigenvalue weighted by molar-refractivity contribution is 6.01. The van der Waals surface area contributed by atoms with Crippen LogP contribution >= 0.6 is 0 Å². The summed E-state index contributed by atoms with van der Waals surface area (Å²) in [6, 6.07) is 13.1. The summed E-state index contributed by atoms with van der Waals surface area (Å²) >= 11 is 0. The predicted octanol–water partition coefficient (Wildman–Crippen LogP) is 2.65. The Balaban J connectivity index is 1.51. The van der Waals surface area contributed by atoms with Gasteiger partial charge in [-0.3, -0.25) is 14.6 Å². The third kappa shape index (κ3) is 3.92. The molecule has 2 aromatic rings. The zero-order chi connectivity index (χ0) is 19.3. The van der Waals surface area contributed by atoms with Crippen LogP contribution in [0.3, 0.4) is 0 Å². The second kappa shape index (κ2) is 8.52. The van der Waals surface area contributed by atoms with Crippen molar-refractivity contribution in [2.24, 2.45) is 5.92 Å². The number of rotatable bonds is 4. The van der Waals surface area contributed by atoms with Crippen molar-refractivity contribution in [2.75, 3.05) is 44.3 Å². The fourth-order valence-corrected chi connectivity index (χ4v) is 4.00. The average Bonchev–Trinajstić information content (AvgIpc) is 2.79. The molecule has 6 nitrogen and oxygen atoms in total. The molecule has 2 aliphatic heterocycles. The molecule has 1 amide bonds. The zero-order valence-electron chi connectivity index (χ0n) is 15.9. The number of anilines is 1. The van der Waals surface area contributed by atoms with Crippen LogP contribution in [0.5, 0.6) is 0 Å². The lowest BCUT2D eigenvalue weighted by atomic mass is 9.91. The van der Waals surface area contributed by atoms with Crippen molar-refractivity contribution in [3.63, 3.8) is 0 Å². The van der Waals surface area contributed by atoms with Gasteiger partial charge in [-0.25, -0.2) is 0 Å². The Morgan fingerprint density at radius 1 is 1.00 bits per heavy atom. The van der Waals surface area contributed by atoms with Crippen LogP contribution < -0.4 is 4.90 Å². The molecule has 4 rings (SSSR count). The van der Waals surface area contributed by atoms with Crippen LogP contribution in [0.4, 0.5) is 5.69 Å². The fourth-order valence-electron chi connectivity index (χ4n) is 4.00. The monoisotopic (exact) mass is 379 g/mol. The van der Waals surface area contributed by atoms with Crippen LogP contribution in [0.15, 0.2) is 48.7 Å². The van der Waals surface area contributed by atoms with Gasteiger partial charge in [0.2, 0.25) is 0 Å². The number of Topliss-reactive ketones (excluding diaryl/α,β-unsaturated/α-hetero) is 1. The number of amides is 1. The van der Waals surface area contributed by atoms with E-state index in [0.29, 0.717) is 37.6 Å². The molecule has 28 heavy (non-hydrogen) atoms. The molecule has 0 bridgehead atoms. The van der Waals surface area contributed by atoms with Crippen LogP contribution in [0.1, 0.15) is 33.7 Å². The Kier molecular flexibility index (Phi) is 5.67. The lowest BCUT2D eigenvalue weighted by molar-refractivity contribution is 0.0635. The first-order valence-electron chi connectivity index (χ1n) is 9.90. The maximum Gasteiger partial charge on any atom is 0.255 e. The predicted molar refractivity (Wildman–Crippen MR) is 107 cm³/mol. The molecule has 1 aromatic heterocycles. The van der Waals surface area contributed by atoms with Gasteiger partial charge in [0.25, 0.3) is 5.91 Å². The van der Waals surface area contributed by atoms with Gasteiger partial charge in [0, 0.05) is 44.0 Å². The van der Waals surface area contributed by atoms with Gasteiger partial charge >= 0.3 is 0 Å². The van der Waals surface area contributed by atoms with E-state index in [4.69, 9.17) is 4.74 Å². The number of para-hydroxylation sites is 1. The molecule has 2 fully saturated rings. The molecule has 6 heteroatoms. The molecule has 0 radical (unpaired) electrons. The average molecular weight is 379 g/mol. The van der Waals surface area contributed by atoms with E-state index in [1.54, 1.807) is 18.3 Å². The molecule has 2 aliphatic rings. The molecule has 0 saturated carbocycles. The zero-order valence-corrected chi connectivity index (χ0v) is 15.9. The first-order chi connectivity index (χ1) is 13.7. The number of morpholine rings is 1. The third-order valence-electron chi connectivity index (χ3n) is 5.48. The summed E-state index contributed by atoms with van der Waals surface area (Å²) in [5.74, 6) is -0.164. The lowest BCUT2D eigenvalue weighted by Gasteiger charge is -2.34. The summed E-state index contributed by atoms with van der Waals surface area (Å²) in [4.78, 5) is 34.3. The largest absolute Gasteiger partial charge is 0.378 e. The standard InChI is InChI=1S/C22H25N3O3/c26-21(19-8-3-4-10-23-19)17-6-5-11-25(16-17)22(27)18-7-1-2-9-20(18)24-12-14-28-15-13-24/h1-4,7-10,17H,5-6,11-16H2. The SMILES string of the molecule is O=C(c1ccccn1)C1CCCN(C(=O)c2ccccc2N2CCOCC2)C1. The topological polar surface area (TPSA) is 62.7 Å². The maximum absolute atomic E-state index is 13.3. The van der Waals surface area contributed by atoms with Crippen molar-refractivity contribution in [2.45, 2.75) is 12.8 Å². The van der Waals surface area contributed by atoms with Gasteiger partial charge in [0.1, 0.15) is 5.69 Å². The van der Waals surface area contributed by atoms with Gasteiger partial charge in [-0.2, -0.15) is 0 Å². The maximum atomic E-state index is 13.3. The van der Waals surface area contributed by atoms with Crippen molar-refractivity contribution in [3.8, 4) is 0 Å². The Morgan fingerprint density at radius 2 is 1.79 bits per heavy atom. The summed E-state index contributed by atoms with van der Waals surface area (Å²) in [7, 11) is 0. The number of carbonyl (C=O) groups is 2. The first-order valence-corrected chi connectivity index (χ1v) is 9.90. The number of piperidine rings is 1. The van der Waals surface area contributed by atoms with Gasteiger partial charge in [-0.05, 0) is 37.1 Å². The number of aromatic nitrogens is 1. The number of pyridine rings is 1. The lowest BCUT2D eigenvalue weighted by Crippen LogP contribution is -2.43. The summed E-state index contributed by atoms with van der Waals surface area (Å²) in [6.45, 7) is 4.05. The summed E-state index contributed by atoms with van der Waals surface area (Å²) in [6.07, 6.45) is 3.26. The van der Waals surface area contributed by atoms with E-state index in [9.17, 15) is 9.59 Å². The van der Waals surface area contributed by atoms with E-state index >= 15 is 0 Å². The number of carbonyl (C=O) groups excluding carboxylic acids is 2. The van der Waals surface area contributed by atoms with Gasteiger partial charge in [-0.15, -0.1) is 0 Å². The second-order valence-electron chi connectivity index (χ2n) is 7.29. The molecule has 3 heterocycles. The van der Waals surface area contributed by atoms with Gasteiger partial charge in [-0.1, -0.05) is 18.2 Å². The van der Waals surface area contributed by atoms with Crippen LogP contribution in [-0.4, -0.2) is 61.0 Å².